The van der Waals surface area contributed by atoms with E-state index in [2.05, 4.69) is 34.2 Å². The summed E-state index contributed by atoms with van der Waals surface area (Å²) >= 11 is 2.16. The second-order valence-electron chi connectivity index (χ2n) is 4.69. The Balaban J connectivity index is 2.11. The van der Waals surface area contributed by atoms with Gasteiger partial charge < -0.3 is 0 Å². The fraction of sp³-hybridized carbons (Fsp3) is 0.500. The molecule has 1 aromatic rings. The van der Waals surface area contributed by atoms with Gasteiger partial charge in [-0.25, -0.2) is 13.1 Å². The average Bonchev–Trinajstić information content (AvgIpc) is 2.63. The lowest BCUT2D eigenvalue weighted by Gasteiger charge is -2.12. The maximum absolute atomic E-state index is 12.1. The van der Waals surface area contributed by atoms with E-state index in [4.69, 9.17) is 0 Å². The van der Waals surface area contributed by atoms with Crippen LogP contribution in [-0.2, 0) is 10.0 Å². The van der Waals surface area contributed by atoms with Crippen molar-refractivity contribution in [3.63, 3.8) is 0 Å². The quantitative estimate of drug-likeness (QED) is 0.838. The van der Waals surface area contributed by atoms with Gasteiger partial charge >= 0.3 is 0 Å². The zero-order chi connectivity index (χ0) is 12.5. The number of rotatable bonds is 3. The standard InChI is InChI=1S/C12H16INO2S/c1-9-2-5-11(8-9)14-17(15,16)12-6-3-10(13)4-7-12/h3-4,6-7,9,11,14H,2,5,8H2,1H3. The second kappa shape index (κ2) is 5.24. The third-order valence-electron chi connectivity index (χ3n) is 3.14. The van der Waals surface area contributed by atoms with E-state index in [1.807, 2.05) is 12.1 Å². The Hall–Kier alpha value is -0.140. The molecule has 1 fully saturated rings. The summed E-state index contributed by atoms with van der Waals surface area (Å²) < 4.78 is 28.0. The minimum Gasteiger partial charge on any atom is -0.208 e. The van der Waals surface area contributed by atoms with Crippen molar-refractivity contribution in [2.24, 2.45) is 5.92 Å². The molecule has 0 aromatic heterocycles. The average molecular weight is 365 g/mol. The molecule has 2 atom stereocenters. The SMILES string of the molecule is CC1CCC(NS(=O)(=O)c2ccc(I)cc2)C1. The van der Waals surface area contributed by atoms with Crippen molar-refractivity contribution in [3.05, 3.63) is 27.8 Å². The molecule has 0 amide bonds. The van der Waals surface area contributed by atoms with E-state index in [-0.39, 0.29) is 6.04 Å². The molecule has 2 unspecified atom stereocenters. The van der Waals surface area contributed by atoms with Crippen LogP contribution < -0.4 is 4.72 Å². The molecule has 0 saturated heterocycles. The minimum absolute atomic E-state index is 0.106. The van der Waals surface area contributed by atoms with Crippen molar-refractivity contribution in [2.45, 2.75) is 37.1 Å². The minimum atomic E-state index is -3.34. The Labute approximate surface area is 116 Å². The summed E-state index contributed by atoms with van der Waals surface area (Å²) in [5.41, 5.74) is 0. The molecule has 0 spiro atoms. The van der Waals surface area contributed by atoms with E-state index in [1.165, 1.54) is 0 Å². The lowest BCUT2D eigenvalue weighted by atomic mass is 10.1. The molecule has 2 rings (SSSR count). The molecule has 0 bridgehead atoms. The monoisotopic (exact) mass is 365 g/mol. The van der Waals surface area contributed by atoms with Crippen molar-refractivity contribution >= 4 is 32.6 Å². The van der Waals surface area contributed by atoms with Gasteiger partial charge in [0.1, 0.15) is 0 Å². The Bertz CT molecular complexity index is 484. The lowest BCUT2D eigenvalue weighted by molar-refractivity contribution is 0.538. The first-order valence-corrected chi connectivity index (χ1v) is 8.31. The van der Waals surface area contributed by atoms with Gasteiger partial charge in [-0.2, -0.15) is 0 Å². The van der Waals surface area contributed by atoms with Gasteiger partial charge in [0.15, 0.2) is 0 Å². The smallest absolute Gasteiger partial charge is 0.208 e. The number of halogens is 1. The largest absolute Gasteiger partial charge is 0.240 e. The molecule has 5 heteroatoms. The summed E-state index contributed by atoms with van der Waals surface area (Å²) in [5, 5.41) is 0. The van der Waals surface area contributed by atoms with Crippen LogP contribution in [0.2, 0.25) is 0 Å². The van der Waals surface area contributed by atoms with Crippen LogP contribution in [0.3, 0.4) is 0 Å². The highest BCUT2D eigenvalue weighted by molar-refractivity contribution is 14.1. The molecule has 17 heavy (non-hydrogen) atoms. The van der Waals surface area contributed by atoms with Gasteiger partial charge in [0.25, 0.3) is 0 Å². The summed E-state index contributed by atoms with van der Waals surface area (Å²) in [7, 11) is -3.34. The second-order valence-corrected chi connectivity index (χ2v) is 7.65. The fourth-order valence-electron chi connectivity index (χ4n) is 2.22. The maximum Gasteiger partial charge on any atom is 0.240 e. The van der Waals surface area contributed by atoms with Gasteiger partial charge in [-0.15, -0.1) is 0 Å². The predicted octanol–water partition coefficient (Wildman–Crippen LogP) is 2.76. The normalized spacial score (nSPS) is 25.1. The molecule has 1 aliphatic rings. The van der Waals surface area contributed by atoms with Crippen LogP contribution in [0.15, 0.2) is 29.2 Å². The van der Waals surface area contributed by atoms with E-state index < -0.39 is 10.0 Å². The van der Waals surface area contributed by atoms with E-state index in [1.54, 1.807) is 12.1 Å². The van der Waals surface area contributed by atoms with Crippen molar-refractivity contribution < 1.29 is 8.42 Å². The molecule has 1 aromatic carbocycles. The van der Waals surface area contributed by atoms with Gasteiger partial charge in [-0.05, 0) is 72.0 Å². The highest BCUT2D eigenvalue weighted by Crippen LogP contribution is 2.26. The molecule has 3 nitrogen and oxygen atoms in total. The van der Waals surface area contributed by atoms with Crippen molar-refractivity contribution in [1.82, 2.24) is 4.72 Å². The van der Waals surface area contributed by atoms with Crippen LogP contribution in [0.4, 0.5) is 0 Å². The van der Waals surface area contributed by atoms with E-state index in [0.29, 0.717) is 10.8 Å². The molecule has 1 N–H and O–H groups in total. The van der Waals surface area contributed by atoms with Crippen molar-refractivity contribution in [1.29, 1.82) is 0 Å². The van der Waals surface area contributed by atoms with Crippen molar-refractivity contribution in [2.75, 3.05) is 0 Å². The molecule has 0 aliphatic heterocycles. The van der Waals surface area contributed by atoms with Crippen LogP contribution in [0.1, 0.15) is 26.2 Å². The van der Waals surface area contributed by atoms with Gasteiger partial charge in [-0.1, -0.05) is 6.92 Å². The van der Waals surface area contributed by atoms with Crippen LogP contribution in [0.25, 0.3) is 0 Å². The molecule has 1 saturated carbocycles. The first-order chi connectivity index (χ1) is 7.97. The topological polar surface area (TPSA) is 46.2 Å². The summed E-state index contributed by atoms with van der Waals surface area (Å²) in [5.74, 6) is 0.624. The van der Waals surface area contributed by atoms with Gasteiger partial charge in [0.2, 0.25) is 10.0 Å². The van der Waals surface area contributed by atoms with E-state index >= 15 is 0 Å². The van der Waals surface area contributed by atoms with Crippen LogP contribution in [0.5, 0.6) is 0 Å². The Kier molecular flexibility index (Phi) is 4.10. The molecule has 94 valence electrons. The molecular formula is C12H16INO2S. The Morgan fingerprint density at radius 1 is 1.24 bits per heavy atom. The zero-order valence-electron chi connectivity index (χ0n) is 9.69. The Morgan fingerprint density at radius 2 is 1.88 bits per heavy atom. The number of benzene rings is 1. The summed E-state index contributed by atoms with van der Waals surface area (Å²) in [4.78, 5) is 0.359. The summed E-state index contributed by atoms with van der Waals surface area (Å²) in [6.07, 6.45) is 3.01. The van der Waals surface area contributed by atoms with E-state index in [0.717, 1.165) is 22.8 Å². The van der Waals surface area contributed by atoms with Gasteiger partial charge in [-0.3, -0.25) is 0 Å². The zero-order valence-corrected chi connectivity index (χ0v) is 12.7. The highest BCUT2D eigenvalue weighted by atomic mass is 127. The first-order valence-electron chi connectivity index (χ1n) is 5.75. The van der Waals surface area contributed by atoms with Gasteiger partial charge in [0, 0.05) is 9.61 Å². The van der Waals surface area contributed by atoms with Gasteiger partial charge in [0.05, 0.1) is 4.90 Å². The number of hydrogen-bond donors (Lipinski definition) is 1. The molecular weight excluding hydrogens is 349 g/mol. The highest BCUT2D eigenvalue weighted by Gasteiger charge is 2.26. The third kappa shape index (κ3) is 3.42. The summed E-state index contributed by atoms with van der Waals surface area (Å²) in [6.45, 7) is 2.17. The number of sulfonamides is 1. The first kappa shape index (κ1) is 13.3. The Morgan fingerprint density at radius 3 is 2.41 bits per heavy atom. The molecule has 0 heterocycles. The number of nitrogens with one attached hydrogen (secondary N) is 1. The van der Waals surface area contributed by atoms with E-state index in [9.17, 15) is 8.42 Å². The maximum atomic E-state index is 12.1. The van der Waals surface area contributed by atoms with Crippen LogP contribution >= 0.6 is 22.6 Å². The fourth-order valence-corrected chi connectivity index (χ4v) is 3.86. The van der Waals surface area contributed by atoms with Crippen LogP contribution in [0, 0.1) is 9.49 Å². The summed E-state index contributed by atoms with van der Waals surface area (Å²) in [6, 6.07) is 7.04. The predicted molar refractivity (Wildman–Crippen MR) is 76.3 cm³/mol. The molecule has 0 radical (unpaired) electrons. The third-order valence-corrected chi connectivity index (χ3v) is 5.40. The number of hydrogen-bond acceptors (Lipinski definition) is 2. The van der Waals surface area contributed by atoms with Crippen molar-refractivity contribution in [3.8, 4) is 0 Å². The molecule has 1 aliphatic carbocycles. The van der Waals surface area contributed by atoms with Crippen LogP contribution in [-0.4, -0.2) is 14.5 Å². The lowest BCUT2D eigenvalue weighted by Crippen LogP contribution is -2.32.